The second-order valence-electron chi connectivity index (χ2n) is 2.62. The van der Waals surface area contributed by atoms with Gasteiger partial charge < -0.3 is 15.2 Å². The fraction of sp³-hybridized carbons (Fsp3) is 0.800. The van der Waals surface area contributed by atoms with Crippen LogP contribution in [0, 0.1) is 5.92 Å². The highest BCUT2D eigenvalue weighted by Gasteiger charge is 2.18. The molecule has 0 aromatic rings. The van der Waals surface area contributed by atoms with Gasteiger partial charge in [0.1, 0.15) is 12.8 Å². The van der Waals surface area contributed by atoms with Crippen LogP contribution >= 0.6 is 0 Å². The Bertz CT molecular complexity index is 127. The number of rotatable bonds is 4. The Kier molecular flexibility index (Phi) is 19.6. The lowest BCUT2D eigenvalue weighted by atomic mass is 10.1. The van der Waals surface area contributed by atoms with Crippen LogP contribution in [0.5, 0.6) is 0 Å². The molecule has 0 aliphatic heterocycles. The molecule has 0 fully saturated rings. The minimum absolute atomic E-state index is 0.150. The highest BCUT2D eigenvalue weighted by Crippen LogP contribution is 2.00. The van der Waals surface area contributed by atoms with E-state index in [0.29, 0.717) is 6.54 Å². The van der Waals surface area contributed by atoms with Gasteiger partial charge in [0.25, 0.3) is 0 Å². The summed E-state index contributed by atoms with van der Waals surface area (Å²) in [6.07, 6.45) is 0. The fourth-order valence-corrected chi connectivity index (χ4v) is 0.828. The molecule has 0 aromatic carbocycles. The minimum atomic E-state index is -0.767. The largest absolute Gasteiger partial charge is 0.480 e. The maximum Gasteiger partial charge on any atom is 0.320 e. The van der Waals surface area contributed by atoms with Crippen LogP contribution in [-0.4, -0.2) is 30.5 Å². The number of carbonyl (C=O) groups is 2. The smallest absolute Gasteiger partial charge is 0.320 e. The summed E-state index contributed by atoms with van der Waals surface area (Å²) in [6.45, 7) is 12.4. The molecule has 0 bridgehead atoms. The molecule has 4 heteroatoms. The van der Waals surface area contributed by atoms with E-state index < -0.39 is 12.0 Å². The summed E-state index contributed by atoms with van der Waals surface area (Å²) < 4.78 is 0. The molecule has 0 saturated carbocycles. The lowest BCUT2D eigenvalue weighted by Gasteiger charge is -2.15. The Hall–Kier alpha value is -0.900. The van der Waals surface area contributed by atoms with Crippen molar-refractivity contribution >= 4 is 12.8 Å². The maximum absolute atomic E-state index is 10.5. The van der Waals surface area contributed by atoms with Crippen LogP contribution in [0.15, 0.2) is 0 Å². The zero-order valence-corrected chi connectivity index (χ0v) is 9.83. The average molecular weight is 205 g/mol. The van der Waals surface area contributed by atoms with Crippen LogP contribution in [0.25, 0.3) is 0 Å². The topological polar surface area (TPSA) is 66.4 Å². The van der Waals surface area contributed by atoms with E-state index in [1.54, 1.807) is 0 Å². The van der Waals surface area contributed by atoms with Gasteiger partial charge in [-0.05, 0) is 12.5 Å². The third-order valence-electron chi connectivity index (χ3n) is 1.36. The van der Waals surface area contributed by atoms with Crippen LogP contribution in [0.3, 0.4) is 0 Å². The van der Waals surface area contributed by atoms with Crippen molar-refractivity contribution in [3.8, 4) is 0 Å². The lowest BCUT2D eigenvalue weighted by Crippen LogP contribution is -2.40. The quantitative estimate of drug-likeness (QED) is 0.730. The van der Waals surface area contributed by atoms with Crippen molar-refractivity contribution in [3.05, 3.63) is 0 Å². The van der Waals surface area contributed by atoms with Gasteiger partial charge in [-0.25, -0.2) is 0 Å². The van der Waals surface area contributed by atoms with Gasteiger partial charge in [0.2, 0.25) is 0 Å². The Balaban J connectivity index is -0.000000266. The van der Waals surface area contributed by atoms with Gasteiger partial charge in [0.05, 0.1) is 0 Å². The molecule has 0 aromatic heterocycles. The number of hydrogen-bond donors (Lipinski definition) is 2. The molecule has 0 aliphatic rings. The van der Waals surface area contributed by atoms with Crippen LogP contribution < -0.4 is 5.32 Å². The first-order chi connectivity index (χ1) is 6.59. The van der Waals surface area contributed by atoms with Gasteiger partial charge in [-0.1, -0.05) is 34.6 Å². The van der Waals surface area contributed by atoms with E-state index in [4.69, 9.17) is 9.90 Å². The first kappa shape index (κ1) is 18.8. The van der Waals surface area contributed by atoms with Gasteiger partial charge in [0, 0.05) is 0 Å². The molecule has 1 unspecified atom stereocenters. The number of hydrogen-bond acceptors (Lipinski definition) is 3. The molecule has 86 valence electrons. The summed E-state index contributed by atoms with van der Waals surface area (Å²) in [6, 6.07) is -0.398. The van der Waals surface area contributed by atoms with Crippen molar-refractivity contribution in [2.24, 2.45) is 5.92 Å². The molecule has 0 radical (unpaired) electrons. The third-order valence-corrected chi connectivity index (χ3v) is 1.36. The van der Waals surface area contributed by atoms with E-state index in [9.17, 15) is 4.79 Å². The molecule has 14 heavy (non-hydrogen) atoms. The third kappa shape index (κ3) is 11.1. The van der Waals surface area contributed by atoms with Crippen molar-refractivity contribution in [1.82, 2.24) is 5.32 Å². The second-order valence-corrected chi connectivity index (χ2v) is 2.62. The van der Waals surface area contributed by atoms with Gasteiger partial charge in [-0.2, -0.15) is 0 Å². The Morgan fingerprint density at radius 3 is 1.79 bits per heavy atom. The summed E-state index contributed by atoms with van der Waals surface area (Å²) in [5, 5.41) is 11.5. The Morgan fingerprint density at radius 2 is 1.71 bits per heavy atom. The number of nitrogens with one attached hydrogen (secondary N) is 1. The van der Waals surface area contributed by atoms with Crippen LogP contribution in [0.4, 0.5) is 0 Å². The van der Waals surface area contributed by atoms with E-state index in [-0.39, 0.29) is 5.92 Å². The number of carboxylic acid groups (broad SMARTS) is 1. The Labute approximate surface area is 86.7 Å². The molecule has 0 spiro atoms. The normalized spacial score (nSPS) is 10.4. The van der Waals surface area contributed by atoms with Crippen molar-refractivity contribution in [3.63, 3.8) is 0 Å². The number of carbonyl (C=O) groups excluding carboxylic acids is 1. The first-order valence-electron chi connectivity index (χ1n) is 4.84. The van der Waals surface area contributed by atoms with Gasteiger partial charge in [-0.15, -0.1) is 0 Å². The number of aliphatic carboxylic acids is 1. The first-order valence-corrected chi connectivity index (χ1v) is 4.84. The maximum atomic E-state index is 10.5. The molecule has 0 rings (SSSR count). The molecule has 0 saturated heterocycles. The zero-order valence-electron chi connectivity index (χ0n) is 9.83. The van der Waals surface area contributed by atoms with Crippen LogP contribution in [0.1, 0.15) is 34.6 Å². The van der Waals surface area contributed by atoms with E-state index in [0.717, 1.165) is 0 Å². The predicted molar refractivity (Wildman–Crippen MR) is 58.4 cm³/mol. The second kappa shape index (κ2) is 14.6. The van der Waals surface area contributed by atoms with Crippen molar-refractivity contribution in [1.29, 1.82) is 0 Å². The van der Waals surface area contributed by atoms with Crippen molar-refractivity contribution < 1.29 is 14.7 Å². The van der Waals surface area contributed by atoms with E-state index in [1.165, 1.54) is 0 Å². The standard InChI is InChI=1S/C7H15NO2.C2H6.CH2O/c1-4-8-6(5(2)3)7(9)10;2*1-2/h5-6,8H,4H2,1-3H3,(H,9,10);1-2H3;1H2. The van der Waals surface area contributed by atoms with E-state index >= 15 is 0 Å². The van der Waals surface area contributed by atoms with Crippen LogP contribution in [0.2, 0.25) is 0 Å². The molecule has 0 amide bonds. The predicted octanol–water partition coefficient (Wildman–Crippen LogP) is 1.55. The van der Waals surface area contributed by atoms with Gasteiger partial charge in [-0.3, -0.25) is 4.79 Å². The number of carboxylic acids is 1. The summed E-state index contributed by atoms with van der Waals surface area (Å²) >= 11 is 0. The fourth-order valence-electron chi connectivity index (χ4n) is 0.828. The molecule has 4 nitrogen and oxygen atoms in total. The molecule has 2 N–H and O–H groups in total. The summed E-state index contributed by atoms with van der Waals surface area (Å²) in [7, 11) is 0. The van der Waals surface area contributed by atoms with Crippen LogP contribution in [-0.2, 0) is 9.59 Å². The molecule has 1 atom stereocenters. The van der Waals surface area contributed by atoms with Gasteiger partial charge >= 0.3 is 5.97 Å². The van der Waals surface area contributed by atoms with E-state index in [1.807, 2.05) is 41.4 Å². The summed E-state index contributed by atoms with van der Waals surface area (Å²) in [5.41, 5.74) is 0. The SMILES string of the molecule is C=O.CC.CCNC(C(=O)O)C(C)C. The lowest BCUT2D eigenvalue weighted by molar-refractivity contribution is -0.140. The molecule has 0 aliphatic carbocycles. The van der Waals surface area contributed by atoms with E-state index in [2.05, 4.69) is 5.32 Å². The van der Waals surface area contributed by atoms with Crippen molar-refractivity contribution in [2.45, 2.75) is 40.7 Å². The molecular weight excluding hydrogens is 182 g/mol. The average Bonchev–Trinajstić information content (AvgIpc) is 2.19. The monoisotopic (exact) mass is 205 g/mol. The Morgan fingerprint density at radius 1 is 1.36 bits per heavy atom. The number of likely N-dealkylation sites (N-methyl/N-ethyl adjacent to an activating group) is 1. The molecule has 0 heterocycles. The summed E-state index contributed by atoms with van der Waals surface area (Å²) in [4.78, 5) is 18.5. The van der Waals surface area contributed by atoms with Crippen molar-refractivity contribution in [2.75, 3.05) is 6.54 Å². The molecular formula is C10H23NO3. The summed E-state index contributed by atoms with van der Waals surface area (Å²) in [5.74, 6) is -0.616. The highest BCUT2D eigenvalue weighted by atomic mass is 16.4. The van der Waals surface area contributed by atoms with Gasteiger partial charge in [0.15, 0.2) is 0 Å². The highest BCUT2D eigenvalue weighted by molar-refractivity contribution is 5.73. The minimum Gasteiger partial charge on any atom is -0.480 e. The zero-order chi connectivity index (χ0) is 12.1.